The average Bonchev–Trinajstić information content (AvgIpc) is 2.19. The molecule has 1 N–H and O–H groups in total. The Morgan fingerprint density at radius 2 is 2.19 bits per heavy atom. The van der Waals surface area contributed by atoms with Crippen LogP contribution in [-0.4, -0.2) is 10.7 Å². The number of rotatable bonds is 1. The molecule has 1 aliphatic rings. The van der Waals surface area contributed by atoms with Crippen LogP contribution < -0.4 is 4.74 Å². The highest BCUT2D eigenvalue weighted by molar-refractivity contribution is 9.10. The lowest BCUT2D eigenvalue weighted by molar-refractivity contribution is -0.0322. The minimum Gasteiger partial charge on any atom is -0.487 e. The summed E-state index contributed by atoms with van der Waals surface area (Å²) in [7, 11) is 0. The first-order valence-corrected chi connectivity index (χ1v) is 6.38. The largest absolute Gasteiger partial charge is 0.487 e. The summed E-state index contributed by atoms with van der Waals surface area (Å²) in [5, 5.41) is 10.2. The second-order valence-electron chi connectivity index (χ2n) is 4.97. The summed E-state index contributed by atoms with van der Waals surface area (Å²) in [6.45, 7) is 6.30. The molecule has 1 unspecified atom stereocenters. The molecule has 0 bridgehead atoms. The van der Waals surface area contributed by atoms with E-state index in [9.17, 15) is 5.11 Å². The van der Waals surface area contributed by atoms with Gasteiger partial charge in [0.15, 0.2) is 0 Å². The molecule has 2 atom stereocenters. The first kappa shape index (κ1) is 11.9. The lowest BCUT2D eigenvalue weighted by Gasteiger charge is -2.41. The summed E-state index contributed by atoms with van der Waals surface area (Å²) in [6.07, 6.45) is 0.211. The summed E-state index contributed by atoms with van der Waals surface area (Å²) in [4.78, 5) is 0. The van der Waals surface area contributed by atoms with Gasteiger partial charge in [-0.2, -0.15) is 0 Å². The quantitative estimate of drug-likeness (QED) is 0.853. The van der Waals surface area contributed by atoms with Crippen LogP contribution in [0.1, 0.15) is 38.9 Å². The van der Waals surface area contributed by atoms with Gasteiger partial charge in [-0.25, -0.2) is 0 Å². The maximum Gasteiger partial charge on any atom is 0.126 e. The lowest BCUT2D eigenvalue weighted by atomic mass is 9.82. The van der Waals surface area contributed by atoms with Crippen LogP contribution in [0.3, 0.4) is 0 Å². The van der Waals surface area contributed by atoms with E-state index in [1.165, 1.54) is 0 Å². The van der Waals surface area contributed by atoms with E-state index in [0.717, 1.165) is 15.8 Å². The molecular weight excluding hydrogens is 268 g/mol. The third kappa shape index (κ3) is 1.98. The molecule has 1 aliphatic heterocycles. The number of ether oxygens (including phenoxy) is 1. The predicted octanol–water partition coefficient (Wildman–Crippen LogP) is 3.68. The molecule has 0 saturated carbocycles. The van der Waals surface area contributed by atoms with Crippen molar-refractivity contribution in [3.63, 3.8) is 0 Å². The molecule has 0 spiro atoms. The molecule has 0 aliphatic carbocycles. The van der Waals surface area contributed by atoms with Crippen molar-refractivity contribution in [2.45, 2.75) is 38.9 Å². The van der Waals surface area contributed by atoms with E-state index in [0.29, 0.717) is 12.3 Å². The minimum absolute atomic E-state index is 0.278. The fourth-order valence-corrected chi connectivity index (χ4v) is 2.39. The van der Waals surface area contributed by atoms with Gasteiger partial charge in [-0.1, -0.05) is 29.8 Å². The van der Waals surface area contributed by atoms with Gasteiger partial charge in [-0.3, -0.25) is 0 Å². The average molecular weight is 285 g/mol. The summed E-state index contributed by atoms with van der Waals surface area (Å²) in [5.41, 5.74) is 0.604. The van der Waals surface area contributed by atoms with Crippen molar-refractivity contribution in [1.29, 1.82) is 0 Å². The number of halogens is 1. The van der Waals surface area contributed by atoms with Crippen molar-refractivity contribution in [3.8, 4) is 5.75 Å². The Bertz CT molecular complexity index is 403. The van der Waals surface area contributed by atoms with Crippen molar-refractivity contribution in [3.05, 3.63) is 28.2 Å². The summed E-state index contributed by atoms with van der Waals surface area (Å²) >= 11 is 3.41. The van der Waals surface area contributed by atoms with Gasteiger partial charge in [-0.15, -0.1) is 0 Å². The lowest BCUT2D eigenvalue weighted by Crippen LogP contribution is -2.42. The Hall–Kier alpha value is -0.540. The Morgan fingerprint density at radius 3 is 2.81 bits per heavy atom. The number of hydrogen-bond acceptors (Lipinski definition) is 2. The standard InChI is InChI=1S/C13H17BrO2/c1-8(2)13(3)7-11(15)10-6-9(14)4-5-12(10)16-13/h4-6,8,11,15H,7H2,1-3H3/t11-,13?/m1/s1. The van der Waals surface area contributed by atoms with Crippen LogP contribution in [0.4, 0.5) is 0 Å². The molecule has 0 aromatic heterocycles. The molecule has 0 amide bonds. The molecule has 1 aromatic rings. The Labute approximate surface area is 105 Å². The second-order valence-corrected chi connectivity index (χ2v) is 5.89. The highest BCUT2D eigenvalue weighted by Crippen LogP contribution is 2.43. The number of aliphatic hydroxyl groups excluding tert-OH is 1. The first-order valence-electron chi connectivity index (χ1n) is 5.59. The number of benzene rings is 1. The zero-order valence-corrected chi connectivity index (χ0v) is 11.4. The summed E-state index contributed by atoms with van der Waals surface area (Å²) in [6, 6.07) is 5.79. The van der Waals surface area contributed by atoms with Gasteiger partial charge in [0.25, 0.3) is 0 Å². The zero-order chi connectivity index (χ0) is 11.9. The van der Waals surface area contributed by atoms with Crippen LogP contribution in [0.15, 0.2) is 22.7 Å². The summed E-state index contributed by atoms with van der Waals surface area (Å²) < 4.78 is 7.00. The van der Waals surface area contributed by atoms with Crippen LogP contribution >= 0.6 is 15.9 Å². The van der Waals surface area contributed by atoms with Crippen LogP contribution in [-0.2, 0) is 0 Å². The van der Waals surface area contributed by atoms with Gasteiger partial charge in [0, 0.05) is 16.5 Å². The Balaban J connectivity index is 2.40. The summed E-state index contributed by atoms with van der Waals surface area (Å²) in [5.74, 6) is 1.18. The molecule has 0 saturated heterocycles. The fourth-order valence-electron chi connectivity index (χ4n) is 2.01. The first-order chi connectivity index (χ1) is 7.42. The molecule has 2 nitrogen and oxygen atoms in total. The SMILES string of the molecule is CC(C)C1(C)C[C@@H](O)c2cc(Br)ccc2O1. The van der Waals surface area contributed by atoms with Gasteiger partial charge in [0.2, 0.25) is 0 Å². The number of aliphatic hydroxyl groups is 1. The van der Waals surface area contributed by atoms with Crippen molar-refractivity contribution < 1.29 is 9.84 Å². The molecule has 1 aromatic carbocycles. The molecule has 0 radical (unpaired) electrons. The molecule has 88 valence electrons. The third-order valence-corrected chi connectivity index (χ3v) is 3.99. The van der Waals surface area contributed by atoms with E-state index in [-0.39, 0.29) is 5.60 Å². The van der Waals surface area contributed by atoms with Crippen molar-refractivity contribution in [2.24, 2.45) is 5.92 Å². The smallest absolute Gasteiger partial charge is 0.126 e. The highest BCUT2D eigenvalue weighted by Gasteiger charge is 2.38. The Kier molecular flexibility index (Phi) is 3.01. The second kappa shape index (κ2) is 4.04. The van der Waals surface area contributed by atoms with E-state index >= 15 is 0 Å². The molecule has 1 heterocycles. The van der Waals surface area contributed by atoms with Crippen LogP contribution in [0.2, 0.25) is 0 Å². The van der Waals surface area contributed by atoms with Crippen molar-refractivity contribution in [1.82, 2.24) is 0 Å². The van der Waals surface area contributed by atoms with E-state index in [1.807, 2.05) is 18.2 Å². The van der Waals surface area contributed by atoms with Gasteiger partial charge in [0.05, 0.1) is 6.10 Å². The molecule has 16 heavy (non-hydrogen) atoms. The van der Waals surface area contributed by atoms with Crippen LogP contribution in [0.5, 0.6) is 5.75 Å². The number of hydrogen-bond donors (Lipinski definition) is 1. The van der Waals surface area contributed by atoms with Gasteiger partial charge in [-0.05, 0) is 31.0 Å². The highest BCUT2D eigenvalue weighted by atomic mass is 79.9. The molecular formula is C13H17BrO2. The van der Waals surface area contributed by atoms with Crippen LogP contribution in [0.25, 0.3) is 0 Å². The van der Waals surface area contributed by atoms with E-state index in [1.54, 1.807) is 0 Å². The normalized spacial score (nSPS) is 28.8. The van der Waals surface area contributed by atoms with E-state index < -0.39 is 6.10 Å². The Morgan fingerprint density at radius 1 is 1.50 bits per heavy atom. The fraction of sp³-hybridized carbons (Fsp3) is 0.538. The predicted molar refractivity (Wildman–Crippen MR) is 67.6 cm³/mol. The molecule has 0 fully saturated rings. The zero-order valence-electron chi connectivity index (χ0n) is 9.83. The monoisotopic (exact) mass is 284 g/mol. The maximum atomic E-state index is 10.2. The maximum absolute atomic E-state index is 10.2. The van der Waals surface area contributed by atoms with E-state index in [2.05, 4.69) is 36.7 Å². The van der Waals surface area contributed by atoms with Crippen molar-refractivity contribution >= 4 is 15.9 Å². The topological polar surface area (TPSA) is 29.5 Å². The van der Waals surface area contributed by atoms with Crippen LogP contribution in [0, 0.1) is 5.92 Å². The number of fused-ring (bicyclic) bond motifs is 1. The van der Waals surface area contributed by atoms with Crippen molar-refractivity contribution in [2.75, 3.05) is 0 Å². The van der Waals surface area contributed by atoms with Gasteiger partial charge < -0.3 is 9.84 Å². The minimum atomic E-state index is -0.436. The third-order valence-electron chi connectivity index (χ3n) is 3.49. The molecule has 2 rings (SSSR count). The van der Waals surface area contributed by atoms with E-state index in [4.69, 9.17) is 4.74 Å². The van der Waals surface area contributed by atoms with Gasteiger partial charge >= 0.3 is 0 Å². The molecule has 3 heteroatoms. The van der Waals surface area contributed by atoms with Gasteiger partial charge in [0.1, 0.15) is 11.4 Å².